The SMILES string of the molecule is CC1=C(O)C(=O)C=C2C1=CC=C1[C@@]2(C)CC[C@@]2(C)[C@@H]3C[C@](C)(COC(=O)CN4CCN(C)CC4)CC[C@@]3(C)CC[C@]12C. The Kier molecular flexibility index (Phi) is 7.05. The normalized spacial score (nSPS) is 42.4. The third-order valence-corrected chi connectivity index (χ3v) is 13.5. The summed E-state index contributed by atoms with van der Waals surface area (Å²) in [4.78, 5) is 30.2. The van der Waals surface area contributed by atoms with Gasteiger partial charge < -0.3 is 14.7 Å². The topological polar surface area (TPSA) is 70.1 Å². The monoisotopic (exact) mass is 576 g/mol. The van der Waals surface area contributed by atoms with Crippen molar-refractivity contribution in [3.8, 4) is 0 Å². The molecule has 42 heavy (non-hydrogen) atoms. The largest absolute Gasteiger partial charge is 0.504 e. The highest BCUT2D eigenvalue weighted by Crippen LogP contribution is 2.75. The van der Waals surface area contributed by atoms with Crippen molar-refractivity contribution in [2.24, 2.45) is 33.0 Å². The number of rotatable bonds is 4. The van der Waals surface area contributed by atoms with E-state index in [1.165, 1.54) is 18.4 Å². The molecule has 1 saturated heterocycles. The lowest BCUT2D eigenvalue weighted by Crippen LogP contribution is -2.62. The molecule has 5 aliphatic carbocycles. The van der Waals surface area contributed by atoms with Crippen molar-refractivity contribution >= 4 is 11.8 Å². The van der Waals surface area contributed by atoms with Crippen LogP contribution < -0.4 is 0 Å². The highest BCUT2D eigenvalue weighted by Gasteiger charge is 2.66. The average Bonchev–Trinajstić information content (AvgIpc) is 2.95. The highest BCUT2D eigenvalue weighted by molar-refractivity contribution is 6.06. The van der Waals surface area contributed by atoms with Crippen LogP contribution in [-0.4, -0.2) is 73.0 Å². The van der Waals surface area contributed by atoms with E-state index in [4.69, 9.17) is 4.74 Å². The van der Waals surface area contributed by atoms with Crippen LogP contribution in [0, 0.1) is 33.0 Å². The van der Waals surface area contributed by atoms with Gasteiger partial charge in [-0.25, -0.2) is 0 Å². The number of piperazine rings is 1. The number of esters is 1. The third kappa shape index (κ3) is 4.41. The molecule has 0 aromatic rings. The predicted octanol–water partition coefficient (Wildman–Crippen LogP) is 6.40. The third-order valence-electron chi connectivity index (χ3n) is 13.5. The molecule has 6 aliphatic rings. The maximum atomic E-state index is 12.9. The van der Waals surface area contributed by atoms with Gasteiger partial charge in [0.05, 0.1) is 13.2 Å². The van der Waals surface area contributed by atoms with Gasteiger partial charge in [-0.05, 0) is 98.3 Å². The fraction of sp³-hybridized carbons (Fsp3) is 0.722. The number of aliphatic hydroxyl groups excluding tert-OH is 1. The van der Waals surface area contributed by atoms with Gasteiger partial charge in [0.25, 0.3) is 0 Å². The molecule has 230 valence electrons. The summed E-state index contributed by atoms with van der Waals surface area (Å²) >= 11 is 0. The molecule has 6 rings (SSSR count). The van der Waals surface area contributed by atoms with E-state index in [1.54, 1.807) is 6.08 Å². The number of hydrogen-bond acceptors (Lipinski definition) is 6. The predicted molar refractivity (Wildman–Crippen MR) is 166 cm³/mol. The average molecular weight is 577 g/mol. The van der Waals surface area contributed by atoms with E-state index in [9.17, 15) is 14.7 Å². The van der Waals surface area contributed by atoms with Crippen LogP contribution in [-0.2, 0) is 14.3 Å². The summed E-state index contributed by atoms with van der Waals surface area (Å²) in [6.07, 6.45) is 14.0. The lowest BCUT2D eigenvalue weighted by atomic mass is 9.34. The maximum absolute atomic E-state index is 12.9. The van der Waals surface area contributed by atoms with Crippen molar-refractivity contribution in [2.45, 2.75) is 86.5 Å². The minimum Gasteiger partial charge on any atom is -0.504 e. The fourth-order valence-corrected chi connectivity index (χ4v) is 10.1. The van der Waals surface area contributed by atoms with Gasteiger partial charge in [-0.1, -0.05) is 52.3 Å². The van der Waals surface area contributed by atoms with E-state index in [2.05, 4.69) is 63.6 Å². The summed E-state index contributed by atoms with van der Waals surface area (Å²) in [6, 6.07) is 0. The molecule has 4 fully saturated rings. The number of hydrogen-bond donors (Lipinski definition) is 1. The first-order chi connectivity index (χ1) is 19.6. The molecule has 6 heteroatoms. The van der Waals surface area contributed by atoms with Crippen LogP contribution in [0.1, 0.15) is 86.5 Å². The Morgan fingerprint density at radius 3 is 2.38 bits per heavy atom. The molecule has 0 unspecified atom stereocenters. The number of carbonyl (C=O) groups is 2. The second-order valence-electron chi connectivity index (χ2n) is 16.1. The van der Waals surface area contributed by atoms with Crippen molar-refractivity contribution in [2.75, 3.05) is 46.4 Å². The molecule has 1 N–H and O–H groups in total. The minimum absolute atomic E-state index is 0.00353. The van der Waals surface area contributed by atoms with E-state index in [0.29, 0.717) is 24.6 Å². The number of ketones is 1. The zero-order valence-electron chi connectivity index (χ0n) is 27.1. The van der Waals surface area contributed by atoms with Crippen LogP contribution in [0.4, 0.5) is 0 Å². The quantitative estimate of drug-likeness (QED) is 0.391. The van der Waals surface area contributed by atoms with Gasteiger partial charge in [0, 0.05) is 42.6 Å². The number of carbonyl (C=O) groups excluding carboxylic acids is 2. The summed E-state index contributed by atoms with van der Waals surface area (Å²) in [5, 5.41) is 10.4. The first-order valence-electron chi connectivity index (χ1n) is 16.3. The van der Waals surface area contributed by atoms with Gasteiger partial charge in [0.1, 0.15) is 0 Å². The van der Waals surface area contributed by atoms with Gasteiger partial charge in [0.15, 0.2) is 5.76 Å². The van der Waals surface area contributed by atoms with Crippen molar-refractivity contribution < 1.29 is 19.4 Å². The second-order valence-corrected chi connectivity index (χ2v) is 16.1. The van der Waals surface area contributed by atoms with Gasteiger partial charge in [0.2, 0.25) is 5.78 Å². The zero-order valence-corrected chi connectivity index (χ0v) is 27.1. The highest BCUT2D eigenvalue weighted by atomic mass is 16.5. The van der Waals surface area contributed by atoms with Crippen LogP contribution >= 0.6 is 0 Å². The summed E-state index contributed by atoms with van der Waals surface area (Å²) in [6.45, 7) is 18.9. The molecule has 3 saturated carbocycles. The molecule has 1 aliphatic heterocycles. The number of ether oxygens (including phenoxy) is 1. The lowest BCUT2D eigenvalue weighted by Gasteiger charge is -2.70. The lowest BCUT2D eigenvalue weighted by molar-refractivity contribution is -0.173. The van der Waals surface area contributed by atoms with E-state index >= 15 is 0 Å². The van der Waals surface area contributed by atoms with Crippen molar-refractivity contribution in [3.63, 3.8) is 0 Å². The summed E-state index contributed by atoms with van der Waals surface area (Å²) < 4.78 is 6.03. The molecular formula is C36H52N2O4. The molecule has 0 bridgehead atoms. The molecule has 6 nitrogen and oxygen atoms in total. The Hall–Kier alpha value is -2.18. The molecular weight excluding hydrogens is 524 g/mol. The molecule has 0 spiro atoms. The zero-order chi connectivity index (χ0) is 30.3. The molecule has 6 atom stereocenters. The Bertz CT molecular complexity index is 1320. The van der Waals surface area contributed by atoms with Crippen LogP contribution in [0.5, 0.6) is 0 Å². The van der Waals surface area contributed by atoms with E-state index in [-0.39, 0.29) is 44.6 Å². The van der Waals surface area contributed by atoms with Crippen molar-refractivity contribution in [3.05, 3.63) is 46.3 Å². The molecule has 0 aromatic carbocycles. The smallest absolute Gasteiger partial charge is 0.320 e. The maximum Gasteiger partial charge on any atom is 0.320 e. The Morgan fingerprint density at radius 2 is 1.67 bits per heavy atom. The van der Waals surface area contributed by atoms with Crippen LogP contribution in [0.25, 0.3) is 0 Å². The van der Waals surface area contributed by atoms with Gasteiger partial charge >= 0.3 is 5.97 Å². The van der Waals surface area contributed by atoms with E-state index in [1.807, 2.05) is 6.92 Å². The Labute approximate surface area is 252 Å². The molecule has 1 heterocycles. The van der Waals surface area contributed by atoms with Gasteiger partial charge in [-0.2, -0.15) is 0 Å². The standard InChI is InChI=1S/C36H52N2O4/c1-24-25-8-9-28-34(4,26(25)20-27(39)31(24)41)13-15-36(6)29-21-32(2,10-11-33(29,3)12-14-35(28,36)5)23-42-30(40)22-38-18-16-37(7)17-19-38/h8-9,20,29,41H,10-19,21-23H2,1-7H3/t29-,32-,33+,34+,35-,36+/m1/s1. The van der Waals surface area contributed by atoms with Crippen molar-refractivity contribution in [1.82, 2.24) is 9.80 Å². The summed E-state index contributed by atoms with van der Waals surface area (Å²) in [5.74, 6) is 0.0729. The van der Waals surface area contributed by atoms with Crippen LogP contribution in [0.15, 0.2) is 46.3 Å². The Morgan fingerprint density at radius 1 is 0.976 bits per heavy atom. The molecule has 0 radical (unpaired) electrons. The minimum atomic E-state index is -0.262. The molecule has 0 aromatic heterocycles. The number of nitrogens with zero attached hydrogens (tertiary/aromatic N) is 2. The number of fused-ring (bicyclic) bond motifs is 7. The first-order valence-corrected chi connectivity index (χ1v) is 16.3. The number of aliphatic hydroxyl groups is 1. The number of allylic oxidation sites excluding steroid dienone is 7. The van der Waals surface area contributed by atoms with Crippen LogP contribution in [0.2, 0.25) is 0 Å². The fourth-order valence-electron chi connectivity index (χ4n) is 10.1. The Balaban J connectivity index is 1.24. The number of likely N-dealkylation sites (N-methyl/N-ethyl adjacent to an activating group) is 1. The summed E-state index contributed by atoms with van der Waals surface area (Å²) in [7, 11) is 2.13. The van der Waals surface area contributed by atoms with Crippen molar-refractivity contribution in [1.29, 1.82) is 0 Å². The summed E-state index contributed by atoms with van der Waals surface area (Å²) in [5.41, 5.74) is 4.45. The van der Waals surface area contributed by atoms with Crippen LogP contribution in [0.3, 0.4) is 0 Å². The van der Waals surface area contributed by atoms with Gasteiger partial charge in [-0.15, -0.1) is 0 Å². The second kappa shape index (κ2) is 9.92. The van der Waals surface area contributed by atoms with E-state index in [0.717, 1.165) is 69.4 Å². The first kappa shape index (κ1) is 29.9. The van der Waals surface area contributed by atoms with E-state index < -0.39 is 0 Å². The molecule has 0 amide bonds. The van der Waals surface area contributed by atoms with Gasteiger partial charge in [-0.3, -0.25) is 14.5 Å².